The van der Waals surface area contributed by atoms with Crippen molar-refractivity contribution in [1.29, 1.82) is 0 Å². The Kier molecular flexibility index (Phi) is 5.48. The molecule has 0 aliphatic heterocycles. The first-order valence-electron chi connectivity index (χ1n) is 5.94. The summed E-state index contributed by atoms with van der Waals surface area (Å²) in [7, 11) is 0. The maximum atomic E-state index is 5.91. The molecule has 1 aliphatic rings. The lowest BCUT2D eigenvalue weighted by Gasteiger charge is -2.23. The molecule has 2 nitrogen and oxygen atoms in total. The van der Waals surface area contributed by atoms with Gasteiger partial charge in [0.15, 0.2) is 0 Å². The van der Waals surface area contributed by atoms with Crippen molar-refractivity contribution >= 4 is 0 Å². The third kappa shape index (κ3) is 4.52. The minimum Gasteiger partial charge on any atom is -0.501 e. The van der Waals surface area contributed by atoms with Crippen LogP contribution in [0.5, 0.6) is 0 Å². The van der Waals surface area contributed by atoms with E-state index in [1.54, 1.807) is 0 Å². The Bertz CT molecular complexity index is 233. The average molecular weight is 209 g/mol. The Morgan fingerprint density at radius 1 is 1.53 bits per heavy atom. The van der Waals surface area contributed by atoms with Crippen molar-refractivity contribution in [1.82, 2.24) is 0 Å². The van der Waals surface area contributed by atoms with Gasteiger partial charge in [-0.2, -0.15) is 0 Å². The maximum Gasteiger partial charge on any atom is 0.0935 e. The van der Waals surface area contributed by atoms with E-state index in [4.69, 9.17) is 10.5 Å². The van der Waals surface area contributed by atoms with Crippen LogP contribution in [0.4, 0.5) is 0 Å². The predicted octanol–water partition coefficient (Wildman–Crippen LogP) is 3.00. The fourth-order valence-corrected chi connectivity index (χ4v) is 1.81. The second kappa shape index (κ2) is 6.67. The molecule has 0 amide bonds. The second-order valence-electron chi connectivity index (χ2n) is 4.35. The molecular formula is C13H23NO. The van der Waals surface area contributed by atoms with Crippen LogP contribution in [0.15, 0.2) is 24.0 Å². The highest BCUT2D eigenvalue weighted by atomic mass is 16.5. The normalized spacial score (nSPS) is 26.7. The molecule has 1 aliphatic carbocycles. The molecule has 0 heterocycles. The van der Waals surface area contributed by atoms with E-state index in [2.05, 4.69) is 26.0 Å². The van der Waals surface area contributed by atoms with Crippen molar-refractivity contribution in [2.45, 2.75) is 45.6 Å². The molecule has 0 fully saturated rings. The molecule has 2 unspecified atom stereocenters. The van der Waals surface area contributed by atoms with E-state index < -0.39 is 0 Å². The lowest BCUT2D eigenvalue weighted by molar-refractivity contribution is 0.203. The van der Waals surface area contributed by atoms with Crippen LogP contribution in [0.3, 0.4) is 0 Å². The van der Waals surface area contributed by atoms with Crippen molar-refractivity contribution in [3.8, 4) is 0 Å². The molecule has 0 aromatic rings. The van der Waals surface area contributed by atoms with Gasteiger partial charge in [0.05, 0.1) is 12.9 Å². The Morgan fingerprint density at radius 3 is 3.00 bits per heavy atom. The summed E-state index contributed by atoms with van der Waals surface area (Å²) in [5.74, 6) is 0.552. The van der Waals surface area contributed by atoms with Gasteiger partial charge in [-0.25, -0.2) is 0 Å². The van der Waals surface area contributed by atoms with Gasteiger partial charge in [0, 0.05) is 12.0 Å². The molecule has 0 aromatic heterocycles. The van der Waals surface area contributed by atoms with E-state index in [0.717, 1.165) is 25.9 Å². The summed E-state index contributed by atoms with van der Waals surface area (Å²) >= 11 is 0. The van der Waals surface area contributed by atoms with Crippen LogP contribution in [0.2, 0.25) is 0 Å². The van der Waals surface area contributed by atoms with E-state index in [9.17, 15) is 0 Å². The van der Waals surface area contributed by atoms with Crippen molar-refractivity contribution < 1.29 is 4.74 Å². The topological polar surface area (TPSA) is 35.2 Å². The summed E-state index contributed by atoms with van der Waals surface area (Å²) < 4.78 is 5.49. The van der Waals surface area contributed by atoms with Crippen molar-refractivity contribution in [2.24, 2.45) is 11.7 Å². The quantitative estimate of drug-likeness (QED) is 0.558. The summed E-state index contributed by atoms with van der Waals surface area (Å²) in [5, 5.41) is 0. The second-order valence-corrected chi connectivity index (χ2v) is 4.35. The molecular weight excluding hydrogens is 186 g/mol. The molecule has 0 aromatic carbocycles. The van der Waals surface area contributed by atoms with Gasteiger partial charge < -0.3 is 10.5 Å². The number of hydrogen-bond donors (Lipinski definition) is 1. The van der Waals surface area contributed by atoms with E-state index in [1.165, 1.54) is 12.0 Å². The van der Waals surface area contributed by atoms with Gasteiger partial charge in [-0.05, 0) is 32.3 Å². The number of ether oxygens (including phenoxy) is 1. The largest absolute Gasteiger partial charge is 0.501 e. The number of hydrogen-bond acceptors (Lipinski definition) is 2. The lowest BCUT2D eigenvalue weighted by Crippen LogP contribution is -2.27. The van der Waals surface area contributed by atoms with Crippen molar-refractivity contribution in [2.75, 3.05) is 6.61 Å². The zero-order valence-corrected chi connectivity index (χ0v) is 9.91. The lowest BCUT2D eigenvalue weighted by atomic mass is 9.88. The predicted molar refractivity (Wildman–Crippen MR) is 64.5 cm³/mol. The Labute approximate surface area is 93.2 Å². The molecule has 0 radical (unpaired) electrons. The van der Waals surface area contributed by atoms with Crippen LogP contribution < -0.4 is 5.73 Å². The molecule has 0 saturated carbocycles. The molecule has 0 saturated heterocycles. The van der Waals surface area contributed by atoms with Crippen LogP contribution >= 0.6 is 0 Å². The molecule has 1 rings (SSSR count). The fraction of sp³-hybridized carbons (Fsp3) is 0.692. The summed E-state index contributed by atoms with van der Waals surface area (Å²) in [5.41, 5.74) is 7.22. The molecule has 0 bridgehead atoms. The van der Waals surface area contributed by atoms with Gasteiger partial charge in [-0.1, -0.05) is 25.0 Å². The first-order valence-corrected chi connectivity index (χ1v) is 5.94. The van der Waals surface area contributed by atoms with Gasteiger partial charge in [-0.15, -0.1) is 0 Å². The molecule has 2 atom stereocenters. The minimum absolute atomic E-state index is 0.275. The van der Waals surface area contributed by atoms with Crippen LogP contribution in [0.1, 0.15) is 39.5 Å². The van der Waals surface area contributed by atoms with Crippen LogP contribution in [-0.2, 0) is 4.74 Å². The van der Waals surface area contributed by atoms with Crippen molar-refractivity contribution in [3.63, 3.8) is 0 Å². The highest BCUT2D eigenvalue weighted by Crippen LogP contribution is 2.21. The summed E-state index contributed by atoms with van der Waals surface area (Å²) in [6, 6.07) is 0.275. The van der Waals surface area contributed by atoms with E-state index in [1.807, 2.05) is 6.26 Å². The highest BCUT2D eigenvalue weighted by Gasteiger charge is 2.16. The minimum atomic E-state index is 0.275. The monoisotopic (exact) mass is 209 g/mol. The molecule has 2 N–H and O–H groups in total. The first-order chi connectivity index (χ1) is 7.24. The Balaban J connectivity index is 2.22. The third-order valence-corrected chi connectivity index (χ3v) is 2.89. The van der Waals surface area contributed by atoms with Crippen molar-refractivity contribution in [3.05, 3.63) is 24.0 Å². The summed E-state index contributed by atoms with van der Waals surface area (Å²) in [6.07, 6.45) is 10.7. The van der Waals surface area contributed by atoms with Gasteiger partial charge in [-0.3, -0.25) is 0 Å². The standard InChI is InChI=1S/C13H23NO/c1-3-4-5-8-15-10-12-6-7-13(14)11(2)9-12/h5,8-9,12-13H,3-4,6-7,10,14H2,1-2H3/b8-5-. The van der Waals surface area contributed by atoms with E-state index in [0.29, 0.717) is 5.92 Å². The number of nitrogens with two attached hydrogens (primary N) is 1. The number of allylic oxidation sites excluding steroid dienone is 1. The molecule has 2 heteroatoms. The van der Waals surface area contributed by atoms with Gasteiger partial charge >= 0.3 is 0 Å². The highest BCUT2D eigenvalue weighted by molar-refractivity contribution is 5.12. The zero-order valence-electron chi connectivity index (χ0n) is 9.91. The number of rotatable bonds is 5. The SMILES string of the molecule is CCC/C=C\OCC1C=C(C)C(N)CC1. The number of unbranched alkanes of at least 4 members (excludes halogenated alkanes) is 1. The maximum absolute atomic E-state index is 5.91. The Hall–Kier alpha value is -0.760. The zero-order chi connectivity index (χ0) is 11.1. The van der Waals surface area contributed by atoms with E-state index in [-0.39, 0.29) is 6.04 Å². The molecule has 0 spiro atoms. The van der Waals surface area contributed by atoms with Gasteiger partial charge in [0.2, 0.25) is 0 Å². The smallest absolute Gasteiger partial charge is 0.0935 e. The molecule has 86 valence electrons. The van der Waals surface area contributed by atoms with Crippen LogP contribution in [0.25, 0.3) is 0 Å². The van der Waals surface area contributed by atoms with Gasteiger partial charge in [0.1, 0.15) is 0 Å². The van der Waals surface area contributed by atoms with Crippen LogP contribution in [-0.4, -0.2) is 12.6 Å². The first kappa shape index (κ1) is 12.3. The third-order valence-electron chi connectivity index (χ3n) is 2.89. The van der Waals surface area contributed by atoms with Crippen LogP contribution in [0, 0.1) is 5.92 Å². The molecule has 15 heavy (non-hydrogen) atoms. The summed E-state index contributed by atoms with van der Waals surface area (Å²) in [6.45, 7) is 5.08. The summed E-state index contributed by atoms with van der Waals surface area (Å²) in [4.78, 5) is 0. The fourth-order valence-electron chi connectivity index (χ4n) is 1.81. The Morgan fingerprint density at radius 2 is 2.33 bits per heavy atom. The van der Waals surface area contributed by atoms with E-state index >= 15 is 0 Å². The van der Waals surface area contributed by atoms with Gasteiger partial charge in [0.25, 0.3) is 0 Å². The average Bonchev–Trinajstić information content (AvgIpc) is 2.23.